The first-order valence-electron chi connectivity index (χ1n) is 5.85. The van der Waals surface area contributed by atoms with Crippen molar-refractivity contribution < 1.29 is 27.5 Å². The van der Waals surface area contributed by atoms with Gasteiger partial charge in [-0.05, 0) is 12.1 Å². The Morgan fingerprint density at radius 3 is 2.75 bits per heavy atom. The molecule has 1 saturated heterocycles. The van der Waals surface area contributed by atoms with Crippen LogP contribution in [0.25, 0.3) is 0 Å². The summed E-state index contributed by atoms with van der Waals surface area (Å²) in [5, 5.41) is 13.2. The van der Waals surface area contributed by atoms with Crippen molar-refractivity contribution in [2.24, 2.45) is 5.14 Å². The van der Waals surface area contributed by atoms with E-state index >= 15 is 0 Å². The second-order valence-electron chi connectivity index (χ2n) is 4.60. The molecule has 0 aliphatic carbocycles. The van der Waals surface area contributed by atoms with Crippen molar-refractivity contribution in [1.82, 2.24) is 4.90 Å². The molecule has 1 aliphatic heterocycles. The largest absolute Gasteiger partial charge is 0.480 e. The highest BCUT2D eigenvalue weighted by atomic mass is 32.2. The van der Waals surface area contributed by atoms with Crippen molar-refractivity contribution >= 4 is 21.9 Å². The highest BCUT2D eigenvalue weighted by molar-refractivity contribution is 7.89. The Kier molecular flexibility index (Phi) is 3.82. The van der Waals surface area contributed by atoms with E-state index in [1.807, 2.05) is 0 Å². The molecular formula is C11H14N2O6S. The van der Waals surface area contributed by atoms with E-state index < -0.39 is 33.2 Å². The summed E-state index contributed by atoms with van der Waals surface area (Å²) < 4.78 is 27.6. The Morgan fingerprint density at radius 1 is 1.60 bits per heavy atom. The summed E-state index contributed by atoms with van der Waals surface area (Å²) in [7, 11) is -3.87. The number of aliphatic carboxylic acids is 1. The maximum atomic E-state index is 11.8. The van der Waals surface area contributed by atoms with Gasteiger partial charge >= 0.3 is 5.97 Å². The van der Waals surface area contributed by atoms with Crippen LogP contribution in [-0.2, 0) is 26.0 Å². The number of primary sulfonamides is 1. The van der Waals surface area contributed by atoms with E-state index in [0.717, 1.165) is 4.90 Å². The lowest BCUT2D eigenvalue weighted by atomic mass is 10.1. The number of nitrogens with zero attached hydrogens (tertiary/aromatic N) is 1. The number of nitrogens with two attached hydrogens (primary N) is 1. The predicted molar refractivity (Wildman–Crippen MR) is 67.1 cm³/mol. The summed E-state index contributed by atoms with van der Waals surface area (Å²) in [5.74, 6) is -1.35. The van der Waals surface area contributed by atoms with Crippen molar-refractivity contribution in [3.05, 3.63) is 24.2 Å². The minimum Gasteiger partial charge on any atom is -0.480 e. The molecule has 1 amide bonds. The number of sulfonamides is 1. The summed E-state index contributed by atoms with van der Waals surface area (Å²) in [5.41, 5.74) is 0. The average molecular weight is 302 g/mol. The maximum Gasteiger partial charge on any atom is 0.326 e. The van der Waals surface area contributed by atoms with E-state index in [9.17, 15) is 23.1 Å². The van der Waals surface area contributed by atoms with Crippen LogP contribution < -0.4 is 5.14 Å². The maximum absolute atomic E-state index is 11.8. The van der Waals surface area contributed by atoms with Crippen LogP contribution in [0.3, 0.4) is 0 Å². The zero-order chi connectivity index (χ0) is 14.9. The zero-order valence-corrected chi connectivity index (χ0v) is 11.2. The van der Waals surface area contributed by atoms with Gasteiger partial charge in [0.2, 0.25) is 15.9 Å². The Labute approximate surface area is 115 Å². The Balaban J connectivity index is 2.18. The van der Waals surface area contributed by atoms with Crippen molar-refractivity contribution in [1.29, 1.82) is 0 Å². The molecule has 0 spiro atoms. The molecule has 0 saturated carbocycles. The smallest absolute Gasteiger partial charge is 0.326 e. The van der Waals surface area contributed by atoms with Crippen molar-refractivity contribution in [2.45, 2.75) is 24.1 Å². The topological polar surface area (TPSA) is 131 Å². The number of amides is 1. The molecule has 0 aromatic carbocycles. The first-order chi connectivity index (χ1) is 9.29. The number of hydrogen-bond donors (Lipinski definition) is 2. The number of carbonyl (C=O) groups excluding carboxylic acids is 1. The monoisotopic (exact) mass is 302 g/mol. The number of carbonyl (C=O) groups is 2. The van der Waals surface area contributed by atoms with Crippen LogP contribution in [-0.4, -0.2) is 48.1 Å². The van der Waals surface area contributed by atoms with Crippen molar-refractivity contribution in [2.75, 3.05) is 6.54 Å². The van der Waals surface area contributed by atoms with Gasteiger partial charge in [-0.2, -0.15) is 0 Å². The highest BCUT2D eigenvalue weighted by Gasteiger charge is 2.42. The molecule has 1 aromatic rings. The summed E-state index contributed by atoms with van der Waals surface area (Å²) in [6.45, 7) is -0.213. The van der Waals surface area contributed by atoms with Crippen molar-refractivity contribution in [3.8, 4) is 0 Å². The fourth-order valence-electron chi connectivity index (χ4n) is 2.17. The molecule has 110 valence electrons. The molecule has 1 aromatic heterocycles. The van der Waals surface area contributed by atoms with E-state index in [1.54, 1.807) is 12.1 Å². The second kappa shape index (κ2) is 5.25. The molecule has 1 fully saturated rings. The van der Waals surface area contributed by atoms with E-state index in [0.29, 0.717) is 5.76 Å². The zero-order valence-electron chi connectivity index (χ0n) is 10.4. The second-order valence-corrected chi connectivity index (χ2v) is 6.44. The van der Waals surface area contributed by atoms with Gasteiger partial charge in [0, 0.05) is 19.4 Å². The van der Waals surface area contributed by atoms with Gasteiger partial charge in [0.05, 0.1) is 6.26 Å². The van der Waals surface area contributed by atoms with Gasteiger partial charge < -0.3 is 14.4 Å². The average Bonchev–Trinajstić information content (AvgIpc) is 2.94. The fourth-order valence-corrected chi connectivity index (χ4v) is 2.91. The Morgan fingerprint density at radius 2 is 2.30 bits per heavy atom. The van der Waals surface area contributed by atoms with Crippen molar-refractivity contribution in [3.63, 3.8) is 0 Å². The number of furan rings is 1. The highest BCUT2D eigenvalue weighted by Crippen LogP contribution is 2.21. The fraction of sp³-hybridized carbons (Fsp3) is 0.455. The molecular weight excluding hydrogens is 288 g/mol. The molecule has 20 heavy (non-hydrogen) atoms. The van der Waals surface area contributed by atoms with E-state index in [2.05, 4.69) is 0 Å². The van der Waals surface area contributed by atoms with Crippen LogP contribution in [0.15, 0.2) is 22.8 Å². The van der Waals surface area contributed by atoms with Gasteiger partial charge in [-0.25, -0.2) is 18.4 Å². The quantitative estimate of drug-likeness (QED) is 0.729. The molecule has 2 unspecified atom stereocenters. The summed E-state index contributed by atoms with van der Waals surface area (Å²) >= 11 is 0. The lowest BCUT2D eigenvalue weighted by molar-refractivity contribution is -0.148. The lowest BCUT2D eigenvalue weighted by Crippen LogP contribution is -2.44. The number of carboxylic acid groups (broad SMARTS) is 1. The van der Waals surface area contributed by atoms with E-state index in [1.165, 1.54) is 6.26 Å². The van der Waals surface area contributed by atoms with Crippen LogP contribution in [0.5, 0.6) is 0 Å². The molecule has 9 heteroatoms. The Bertz CT molecular complexity index is 609. The summed E-state index contributed by atoms with van der Waals surface area (Å²) in [6, 6.07) is 2.03. The number of rotatable bonds is 5. The normalized spacial score (nSPS) is 21.1. The standard InChI is InChI=1S/C11H14N2O6S/c12-20(17,18)8-5-10(14)13(6-8)9(11(15)16)4-7-2-1-3-19-7/h1-3,8-9H,4-6H2,(H,15,16)(H2,12,17,18). The first-order valence-corrected chi connectivity index (χ1v) is 7.46. The van der Waals surface area contributed by atoms with Crippen LogP contribution >= 0.6 is 0 Å². The van der Waals surface area contributed by atoms with Gasteiger partial charge in [-0.3, -0.25) is 4.79 Å². The molecule has 8 nitrogen and oxygen atoms in total. The lowest BCUT2D eigenvalue weighted by Gasteiger charge is -2.23. The minimum absolute atomic E-state index is 0.0224. The van der Waals surface area contributed by atoms with Gasteiger partial charge in [0.15, 0.2) is 0 Å². The summed E-state index contributed by atoms with van der Waals surface area (Å²) in [6.07, 6.45) is 1.08. The SMILES string of the molecule is NS(=O)(=O)C1CC(=O)N(C(Cc2ccco2)C(=O)O)C1. The third-order valence-corrected chi connectivity index (χ3v) is 4.47. The van der Waals surface area contributed by atoms with Crippen LogP contribution in [0.1, 0.15) is 12.2 Å². The molecule has 0 bridgehead atoms. The summed E-state index contributed by atoms with van der Waals surface area (Å²) in [4.78, 5) is 24.1. The van der Waals surface area contributed by atoms with Gasteiger partial charge in [0.1, 0.15) is 17.1 Å². The van der Waals surface area contributed by atoms with Crippen LogP contribution in [0, 0.1) is 0 Å². The molecule has 2 heterocycles. The van der Waals surface area contributed by atoms with Crippen LogP contribution in [0.4, 0.5) is 0 Å². The molecule has 1 aliphatic rings. The number of carboxylic acids is 1. The van der Waals surface area contributed by atoms with Gasteiger partial charge in [-0.1, -0.05) is 0 Å². The van der Waals surface area contributed by atoms with E-state index in [-0.39, 0.29) is 19.4 Å². The van der Waals surface area contributed by atoms with Gasteiger partial charge in [-0.15, -0.1) is 0 Å². The van der Waals surface area contributed by atoms with E-state index in [4.69, 9.17) is 9.56 Å². The molecule has 3 N–H and O–H groups in total. The minimum atomic E-state index is -3.87. The molecule has 2 rings (SSSR count). The van der Waals surface area contributed by atoms with Gasteiger partial charge in [0.25, 0.3) is 0 Å². The first kappa shape index (κ1) is 14.5. The molecule has 2 atom stereocenters. The molecule has 0 radical (unpaired) electrons. The number of likely N-dealkylation sites (tertiary alicyclic amines) is 1. The third-order valence-electron chi connectivity index (χ3n) is 3.22. The number of hydrogen-bond acceptors (Lipinski definition) is 5. The predicted octanol–water partition coefficient (Wildman–Crippen LogP) is -0.835. The Hall–Kier alpha value is -1.87. The van der Waals surface area contributed by atoms with Crippen LogP contribution in [0.2, 0.25) is 0 Å². The third kappa shape index (κ3) is 2.99.